The Kier molecular flexibility index (Phi) is 7.89. The van der Waals surface area contributed by atoms with Crippen LogP contribution in [0.3, 0.4) is 0 Å². The minimum Gasteiger partial charge on any atom is -0.495 e. The van der Waals surface area contributed by atoms with Crippen molar-refractivity contribution >= 4 is 28.3 Å². The van der Waals surface area contributed by atoms with Gasteiger partial charge >= 0.3 is 0 Å². The number of hydrogen-bond donors (Lipinski definition) is 1. The molecule has 0 aliphatic carbocycles. The lowest BCUT2D eigenvalue weighted by Crippen LogP contribution is -2.33. The Morgan fingerprint density at radius 3 is 2.67 bits per heavy atom. The summed E-state index contributed by atoms with van der Waals surface area (Å²) in [5.41, 5.74) is 8.47. The maximum atomic E-state index is 6.37. The molecule has 2 heterocycles. The summed E-state index contributed by atoms with van der Waals surface area (Å²) in [5, 5.41) is 2.00. The molecular weight excluding hydrogens is 412 g/mol. The number of benzene rings is 2. The molecule has 6 nitrogen and oxygen atoms in total. The fourth-order valence-corrected chi connectivity index (χ4v) is 4.68. The predicted molar refractivity (Wildman–Crippen MR) is 137 cm³/mol. The first kappa shape index (κ1) is 23.2. The molecule has 2 N–H and O–H groups in total. The molecule has 6 heteroatoms. The van der Waals surface area contributed by atoms with Crippen molar-refractivity contribution in [2.75, 3.05) is 38.7 Å². The van der Waals surface area contributed by atoms with Gasteiger partial charge in [0.15, 0.2) is 0 Å². The second-order valence-electron chi connectivity index (χ2n) is 8.76. The second kappa shape index (κ2) is 11.2. The lowest BCUT2D eigenvalue weighted by atomic mass is 10.0. The number of unbranched alkanes of at least 4 members (excludes halogenated alkanes) is 3. The summed E-state index contributed by atoms with van der Waals surface area (Å²) < 4.78 is 11.7. The van der Waals surface area contributed by atoms with E-state index in [9.17, 15) is 0 Å². The first-order valence-corrected chi connectivity index (χ1v) is 12.1. The Balaban J connectivity index is 1.48. The van der Waals surface area contributed by atoms with E-state index in [1.165, 1.54) is 63.7 Å². The topological polar surface area (TPSA) is 67.2 Å². The number of likely N-dealkylation sites (tertiary alicyclic amines) is 1. The van der Waals surface area contributed by atoms with Crippen molar-refractivity contribution in [2.24, 2.45) is 10.7 Å². The van der Waals surface area contributed by atoms with Crippen molar-refractivity contribution in [3.8, 4) is 5.75 Å². The Labute approximate surface area is 197 Å². The van der Waals surface area contributed by atoms with Crippen LogP contribution >= 0.6 is 0 Å². The van der Waals surface area contributed by atoms with Crippen molar-refractivity contribution in [3.63, 3.8) is 0 Å². The normalized spacial score (nSPS) is 14.8. The van der Waals surface area contributed by atoms with Crippen LogP contribution in [-0.4, -0.2) is 44.7 Å². The number of fused-ring (bicyclic) bond motifs is 1. The third-order valence-corrected chi connectivity index (χ3v) is 6.52. The number of aryl methyl sites for hydroxylation is 1. The average molecular weight is 449 g/mol. The summed E-state index contributed by atoms with van der Waals surface area (Å²) >= 11 is 0. The van der Waals surface area contributed by atoms with Crippen LogP contribution in [0.2, 0.25) is 0 Å². The summed E-state index contributed by atoms with van der Waals surface area (Å²) in [6, 6.07) is 14.4. The largest absolute Gasteiger partial charge is 0.495 e. The van der Waals surface area contributed by atoms with E-state index in [-0.39, 0.29) is 0 Å². The van der Waals surface area contributed by atoms with Crippen LogP contribution in [-0.2, 0) is 6.42 Å². The molecule has 1 aliphatic rings. The number of furan rings is 1. The van der Waals surface area contributed by atoms with Gasteiger partial charge in [0.25, 0.3) is 0 Å². The molecule has 0 saturated carbocycles. The van der Waals surface area contributed by atoms with Gasteiger partial charge in [0.05, 0.1) is 12.8 Å². The molecule has 33 heavy (non-hydrogen) atoms. The number of anilines is 2. The molecule has 1 aromatic heterocycles. The zero-order valence-corrected chi connectivity index (χ0v) is 19.9. The summed E-state index contributed by atoms with van der Waals surface area (Å²) in [4.78, 5) is 8.71. The zero-order chi connectivity index (χ0) is 23.0. The molecule has 4 rings (SSSR count). The van der Waals surface area contributed by atoms with Gasteiger partial charge in [-0.25, -0.2) is 4.90 Å². The highest BCUT2D eigenvalue weighted by Crippen LogP contribution is 2.39. The minimum absolute atomic E-state index is 0.354. The zero-order valence-electron chi connectivity index (χ0n) is 19.9. The fourth-order valence-electron chi connectivity index (χ4n) is 4.68. The van der Waals surface area contributed by atoms with Crippen molar-refractivity contribution in [3.05, 3.63) is 54.3 Å². The SMILES string of the molecule is CN=C(N)N(c1cc(CCCCCCN2CCCC2)ccc1OC)c1occ2ccccc12. The van der Waals surface area contributed by atoms with Crippen LogP contribution in [0.5, 0.6) is 5.75 Å². The van der Waals surface area contributed by atoms with E-state index in [1.54, 1.807) is 20.4 Å². The lowest BCUT2D eigenvalue weighted by molar-refractivity contribution is 0.328. The number of hydrogen-bond acceptors (Lipinski definition) is 4. The standard InChI is InChI=1S/C27H36N4O2/c1-29-27(28)31(26-23-13-7-6-12-22(23)20-33-26)24-19-21(14-15-25(24)32-2)11-5-3-4-8-16-30-17-9-10-18-30/h6-7,12-15,19-20H,3-5,8-11,16-18H2,1-2H3,(H2,28,29). The number of guanidine groups is 1. The second-order valence-corrected chi connectivity index (χ2v) is 8.76. The Bertz CT molecular complexity index is 1070. The highest BCUT2D eigenvalue weighted by atomic mass is 16.5. The summed E-state index contributed by atoms with van der Waals surface area (Å²) in [6.07, 6.45) is 10.5. The summed E-state index contributed by atoms with van der Waals surface area (Å²) in [6.45, 7) is 3.84. The Morgan fingerprint density at radius 1 is 1.09 bits per heavy atom. The van der Waals surface area contributed by atoms with Gasteiger partial charge in [-0.1, -0.05) is 37.1 Å². The Morgan fingerprint density at radius 2 is 1.88 bits per heavy atom. The molecule has 1 saturated heterocycles. The van der Waals surface area contributed by atoms with Gasteiger partial charge in [0, 0.05) is 17.8 Å². The quantitative estimate of drug-likeness (QED) is 0.244. The van der Waals surface area contributed by atoms with Crippen LogP contribution in [0.1, 0.15) is 44.1 Å². The van der Waals surface area contributed by atoms with E-state index in [1.807, 2.05) is 35.2 Å². The number of ether oxygens (including phenoxy) is 1. The van der Waals surface area contributed by atoms with Crippen LogP contribution in [0.25, 0.3) is 10.8 Å². The van der Waals surface area contributed by atoms with Crippen molar-refractivity contribution in [2.45, 2.75) is 44.9 Å². The van der Waals surface area contributed by atoms with E-state index in [0.717, 1.165) is 28.6 Å². The molecule has 176 valence electrons. The van der Waals surface area contributed by atoms with E-state index in [4.69, 9.17) is 14.9 Å². The van der Waals surface area contributed by atoms with E-state index in [2.05, 4.69) is 22.0 Å². The van der Waals surface area contributed by atoms with Gasteiger partial charge in [-0.3, -0.25) is 4.99 Å². The van der Waals surface area contributed by atoms with Crippen LogP contribution in [0, 0.1) is 0 Å². The highest BCUT2D eigenvalue weighted by molar-refractivity contribution is 6.08. The van der Waals surface area contributed by atoms with E-state index >= 15 is 0 Å². The molecule has 2 aromatic carbocycles. The molecule has 0 amide bonds. The average Bonchev–Trinajstić information content (AvgIpc) is 3.52. The lowest BCUT2D eigenvalue weighted by Gasteiger charge is -2.24. The number of rotatable bonds is 10. The van der Waals surface area contributed by atoms with Crippen molar-refractivity contribution < 1.29 is 9.15 Å². The van der Waals surface area contributed by atoms with Crippen LogP contribution in [0.4, 0.5) is 11.6 Å². The van der Waals surface area contributed by atoms with Gasteiger partial charge < -0.3 is 19.8 Å². The molecular formula is C27H36N4O2. The molecule has 0 atom stereocenters. The number of nitrogens with zero attached hydrogens (tertiary/aromatic N) is 3. The predicted octanol–water partition coefficient (Wildman–Crippen LogP) is 5.72. The molecule has 0 unspecified atom stereocenters. The number of nitrogens with two attached hydrogens (primary N) is 1. The maximum absolute atomic E-state index is 6.37. The molecule has 1 aliphatic heterocycles. The van der Waals surface area contributed by atoms with Gasteiger partial charge in [-0.05, 0) is 75.5 Å². The molecule has 0 bridgehead atoms. The monoisotopic (exact) mass is 448 g/mol. The molecule has 0 spiro atoms. The van der Waals surface area contributed by atoms with E-state index in [0.29, 0.717) is 11.8 Å². The molecule has 1 fully saturated rings. The first-order chi connectivity index (χ1) is 16.2. The van der Waals surface area contributed by atoms with Gasteiger partial charge in [-0.2, -0.15) is 0 Å². The minimum atomic E-state index is 0.354. The molecule has 0 radical (unpaired) electrons. The Hall–Kier alpha value is -2.99. The van der Waals surface area contributed by atoms with Gasteiger partial charge in [-0.15, -0.1) is 0 Å². The smallest absolute Gasteiger partial charge is 0.214 e. The highest BCUT2D eigenvalue weighted by Gasteiger charge is 2.23. The number of methoxy groups -OCH3 is 1. The maximum Gasteiger partial charge on any atom is 0.214 e. The van der Waals surface area contributed by atoms with E-state index < -0.39 is 0 Å². The van der Waals surface area contributed by atoms with Crippen molar-refractivity contribution in [1.29, 1.82) is 0 Å². The third kappa shape index (κ3) is 5.50. The van der Waals surface area contributed by atoms with Crippen LogP contribution < -0.4 is 15.4 Å². The summed E-state index contributed by atoms with van der Waals surface area (Å²) in [5.74, 6) is 1.73. The van der Waals surface area contributed by atoms with Crippen LogP contribution in [0.15, 0.2) is 58.1 Å². The third-order valence-electron chi connectivity index (χ3n) is 6.52. The molecule has 3 aromatic rings. The van der Waals surface area contributed by atoms with Gasteiger partial charge in [0.2, 0.25) is 11.8 Å². The fraction of sp³-hybridized carbons (Fsp3) is 0.444. The first-order valence-electron chi connectivity index (χ1n) is 12.1. The number of aliphatic imine (C=N–C) groups is 1. The summed E-state index contributed by atoms with van der Waals surface area (Å²) in [7, 11) is 3.36. The van der Waals surface area contributed by atoms with Gasteiger partial charge in [0.1, 0.15) is 12.0 Å². The van der Waals surface area contributed by atoms with Crippen molar-refractivity contribution in [1.82, 2.24) is 4.90 Å².